The predicted octanol–water partition coefficient (Wildman–Crippen LogP) is 6.26. The Morgan fingerprint density at radius 1 is 0.955 bits per heavy atom. The lowest BCUT2D eigenvalue weighted by Crippen LogP contribution is -1.92. The molecule has 0 aliphatic rings. The Morgan fingerprint density at radius 3 is 2.36 bits per heavy atom. The lowest BCUT2D eigenvalue weighted by Gasteiger charge is -2.03. The Hall–Kier alpha value is -0.910. The summed E-state index contributed by atoms with van der Waals surface area (Å²) < 4.78 is 3.24. The fourth-order valence-electron chi connectivity index (χ4n) is 2.35. The number of aryl methyl sites for hydroxylation is 1. The number of H-pyrrole nitrogens is 1. The third-order valence-corrected chi connectivity index (χ3v) is 5.21. The molecule has 0 saturated carbocycles. The lowest BCUT2D eigenvalue weighted by atomic mass is 10.1. The van der Waals surface area contributed by atoms with E-state index in [0.717, 1.165) is 42.6 Å². The molecular formula is C17H13Br3N2. The molecule has 112 valence electrons. The van der Waals surface area contributed by atoms with E-state index in [1.165, 1.54) is 5.56 Å². The third kappa shape index (κ3) is 3.53. The summed E-state index contributed by atoms with van der Waals surface area (Å²) in [5, 5.41) is 0. The van der Waals surface area contributed by atoms with E-state index in [0.29, 0.717) is 0 Å². The van der Waals surface area contributed by atoms with Crippen molar-refractivity contribution in [1.82, 2.24) is 9.97 Å². The van der Waals surface area contributed by atoms with Gasteiger partial charge in [-0.2, -0.15) is 0 Å². The second kappa shape index (κ2) is 6.69. The van der Waals surface area contributed by atoms with Gasteiger partial charge in [0.1, 0.15) is 5.82 Å². The molecule has 0 atom stereocenters. The van der Waals surface area contributed by atoms with Crippen molar-refractivity contribution >= 4 is 47.8 Å². The summed E-state index contributed by atoms with van der Waals surface area (Å²) in [5.74, 6) is 0.967. The van der Waals surface area contributed by atoms with Crippen LogP contribution >= 0.6 is 47.8 Å². The fourth-order valence-corrected chi connectivity index (χ4v) is 3.41. The van der Waals surface area contributed by atoms with E-state index in [4.69, 9.17) is 4.98 Å². The van der Waals surface area contributed by atoms with E-state index in [9.17, 15) is 0 Å². The molecule has 1 N–H and O–H groups in total. The summed E-state index contributed by atoms with van der Waals surface area (Å²) in [4.78, 5) is 8.16. The smallest absolute Gasteiger partial charge is 0.111 e. The molecule has 0 bridgehead atoms. The van der Waals surface area contributed by atoms with Gasteiger partial charge in [0, 0.05) is 31.1 Å². The number of nitrogens with one attached hydrogen (secondary N) is 1. The van der Waals surface area contributed by atoms with Crippen molar-refractivity contribution in [2.24, 2.45) is 0 Å². The number of benzene rings is 2. The Balaban J connectivity index is 1.92. The summed E-state index contributed by atoms with van der Waals surface area (Å²) >= 11 is 10.6. The molecule has 0 saturated heterocycles. The molecule has 3 rings (SSSR count). The van der Waals surface area contributed by atoms with E-state index >= 15 is 0 Å². The lowest BCUT2D eigenvalue weighted by molar-refractivity contribution is 1.01. The molecule has 1 aromatic heterocycles. The van der Waals surface area contributed by atoms with Crippen molar-refractivity contribution in [2.45, 2.75) is 13.3 Å². The zero-order valence-electron chi connectivity index (χ0n) is 11.8. The molecule has 1 heterocycles. The normalized spacial score (nSPS) is 10.9. The maximum atomic E-state index is 4.77. The van der Waals surface area contributed by atoms with Gasteiger partial charge < -0.3 is 4.98 Å². The number of rotatable bonds is 3. The molecule has 0 aliphatic heterocycles. The zero-order chi connectivity index (χ0) is 15.7. The summed E-state index contributed by atoms with van der Waals surface area (Å²) in [6.45, 7) is 2.06. The minimum absolute atomic E-state index is 0.761. The highest BCUT2D eigenvalue weighted by Crippen LogP contribution is 2.26. The van der Waals surface area contributed by atoms with Gasteiger partial charge in [-0.1, -0.05) is 59.9 Å². The van der Waals surface area contributed by atoms with Crippen LogP contribution < -0.4 is 0 Å². The highest BCUT2D eigenvalue weighted by Gasteiger charge is 2.11. The average Bonchev–Trinajstić information content (AvgIpc) is 2.84. The first-order valence-electron chi connectivity index (χ1n) is 6.78. The second-order valence-electron chi connectivity index (χ2n) is 5.08. The fraction of sp³-hybridized carbons (Fsp3) is 0.118. The van der Waals surface area contributed by atoms with Crippen LogP contribution in [0.3, 0.4) is 0 Å². The molecule has 0 unspecified atom stereocenters. The minimum atomic E-state index is 0.761. The molecule has 0 aliphatic carbocycles. The van der Waals surface area contributed by atoms with Gasteiger partial charge in [-0.15, -0.1) is 0 Å². The first-order chi connectivity index (χ1) is 10.5. The van der Waals surface area contributed by atoms with Crippen molar-refractivity contribution < 1.29 is 0 Å². The van der Waals surface area contributed by atoms with Crippen LogP contribution in [0.1, 0.15) is 17.1 Å². The van der Waals surface area contributed by atoms with Crippen molar-refractivity contribution in [2.75, 3.05) is 0 Å². The topological polar surface area (TPSA) is 28.7 Å². The van der Waals surface area contributed by atoms with Crippen LogP contribution in [0, 0.1) is 6.92 Å². The monoisotopic (exact) mass is 482 g/mol. The van der Waals surface area contributed by atoms with Crippen LogP contribution in [0.4, 0.5) is 0 Å². The molecule has 0 spiro atoms. The summed E-state index contributed by atoms with van der Waals surface area (Å²) in [5.41, 5.74) is 4.42. The molecule has 5 heteroatoms. The Morgan fingerprint density at radius 2 is 1.64 bits per heavy atom. The van der Waals surface area contributed by atoms with Crippen molar-refractivity contribution in [3.8, 4) is 11.3 Å². The number of hydrogen-bond donors (Lipinski definition) is 1. The summed E-state index contributed by atoms with van der Waals surface area (Å²) in [6.07, 6.45) is 0.761. The van der Waals surface area contributed by atoms with Gasteiger partial charge in [0.05, 0.1) is 5.69 Å². The van der Waals surface area contributed by atoms with Crippen LogP contribution in [0.15, 0.2) is 55.9 Å². The van der Waals surface area contributed by atoms with E-state index in [1.807, 2.05) is 24.3 Å². The standard InChI is InChI=1S/C17H13Br3N2/c1-10-17(11-2-4-13(18)5-3-11)22-16(21-10)9-12-8-14(19)6-7-15(12)20/h2-8H,9H2,1H3,(H,21,22). The number of nitrogens with zero attached hydrogens (tertiary/aromatic N) is 1. The zero-order valence-corrected chi connectivity index (χ0v) is 16.6. The Kier molecular flexibility index (Phi) is 4.85. The van der Waals surface area contributed by atoms with Crippen molar-refractivity contribution in [1.29, 1.82) is 0 Å². The molecule has 22 heavy (non-hydrogen) atoms. The Bertz CT molecular complexity index is 807. The molecule has 0 amide bonds. The van der Waals surface area contributed by atoms with Gasteiger partial charge in [0.2, 0.25) is 0 Å². The maximum Gasteiger partial charge on any atom is 0.111 e. The Labute approximate surface area is 154 Å². The average molecular weight is 485 g/mol. The SMILES string of the molecule is Cc1[nH]c(Cc2cc(Br)ccc2Br)nc1-c1ccc(Br)cc1. The molecule has 3 aromatic rings. The van der Waals surface area contributed by atoms with E-state index in [-0.39, 0.29) is 0 Å². The van der Waals surface area contributed by atoms with Gasteiger partial charge in [0.25, 0.3) is 0 Å². The van der Waals surface area contributed by atoms with Gasteiger partial charge in [-0.05, 0) is 42.8 Å². The van der Waals surface area contributed by atoms with E-state index in [2.05, 4.69) is 77.9 Å². The number of aromatic amines is 1. The quantitative estimate of drug-likeness (QED) is 0.466. The van der Waals surface area contributed by atoms with Gasteiger partial charge in [-0.3, -0.25) is 0 Å². The molecule has 0 fully saturated rings. The molecule has 2 aromatic carbocycles. The van der Waals surface area contributed by atoms with Gasteiger partial charge >= 0.3 is 0 Å². The van der Waals surface area contributed by atoms with Gasteiger partial charge in [0.15, 0.2) is 0 Å². The van der Waals surface area contributed by atoms with Crippen LogP contribution in [-0.4, -0.2) is 9.97 Å². The van der Waals surface area contributed by atoms with Crippen LogP contribution in [0.25, 0.3) is 11.3 Å². The van der Waals surface area contributed by atoms with E-state index < -0.39 is 0 Å². The first kappa shape index (κ1) is 16.0. The summed E-state index contributed by atoms with van der Waals surface area (Å²) in [7, 11) is 0. The second-order valence-corrected chi connectivity index (χ2v) is 7.76. The first-order valence-corrected chi connectivity index (χ1v) is 9.16. The maximum absolute atomic E-state index is 4.77. The number of aromatic nitrogens is 2. The predicted molar refractivity (Wildman–Crippen MR) is 101 cm³/mol. The highest BCUT2D eigenvalue weighted by molar-refractivity contribution is 9.11. The molecule has 0 radical (unpaired) electrons. The summed E-state index contributed by atoms with van der Waals surface area (Å²) in [6, 6.07) is 14.4. The largest absolute Gasteiger partial charge is 0.345 e. The molecule has 2 nitrogen and oxygen atoms in total. The highest BCUT2D eigenvalue weighted by atomic mass is 79.9. The van der Waals surface area contributed by atoms with E-state index in [1.54, 1.807) is 0 Å². The van der Waals surface area contributed by atoms with Crippen LogP contribution in [0.2, 0.25) is 0 Å². The minimum Gasteiger partial charge on any atom is -0.345 e. The number of hydrogen-bond acceptors (Lipinski definition) is 1. The van der Waals surface area contributed by atoms with Crippen LogP contribution in [0.5, 0.6) is 0 Å². The van der Waals surface area contributed by atoms with Crippen molar-refractivity contribution in [3.63, 3.8) is 0 Å². The van der Waals surface area contributed by atoms with Crippen molar-refractivity contribution in [3.05, 3.63) is 73.0 Å². The molecular weight excluding hydrogens is 472 g/mol. The number of imidazole rings is 1. The number of halogens is 3. The third-order valence-electron chi connectivity index (χ3n) is 3.42. The van der Waals surface area contributed by atoms with Gasteiger partial charge in [-0.25, -0.2) is 4.98 Å². The van der Waals surface area contributed by atoms with Crippen LogP contribution in [-0.2, 0) is 6.42 Å².